The fourth-order valence-electron chi connectivity index (χ4n) is 2.99. The van der Waals surface area contributed by atoms with E-state index >= 15 is 0 Å². The van der Waals surface area contributed by atoms with Gasteiger partial charge >= 0.3 is 0 Å². The van der Waals surface area contributed by atoms with Gasteiger partial charge in [0.2, 0.25) is 10.0 Å². The van der Waals surface area contributed by atoms with Crippen LogP contribution in [0.25, 0.3) is 0 Å². The largest absolute Gasteiger partial charge is 0.374 e. The molecular weight excluding hydrogens is 314 g/mol. The fraction of sp³-hybridized carbons (Fsp3) is 0.667. The average Bonchev–Trinajstić information content (AvgIpc) is 3.06. The minimum atomic E-state index is -3.31. The van der Waals surface area contributed by atoms with Crippen LogP contribution in [0, 0.1) is 0 Å². The van der Waals surface area contributed by atoms with Crippen LogP contribution in [0.5, 0.6) is 0 Å². The molecule has 1 N–H and O–H groups in total. The zero-order valence-electron chi connectivity index (χ0n) is 11.6. The van der Waals surface area contributed by atoms with Gasteiger partial charge in [-0.05, 0) is 12.8 Å². The third-order valence-electron chi connectivity index (χ3n) is 3.88. The number of ether oxygens (including phenoxy) is 1. The number of hydrogen-bond acceptors (Lipinski definition) is 6. The SMILES string of the molecule is CS(=O)(=O)N1C[C@@H](NC(=O)c2cscn2)[C@H]2OCCC[C@H]21. The second-order valence-electron chi connectivity index (χ2n) is 5.33. The molecular formula is C12H17N3O4S2. The van der Waals surface area contributed by atoms with Crippen molar-refractivity contribution in [2.24, 2.45) is 0 Å². The Morgan fingerprint density at radius 3 is 3.05 bits per heavy atom. The van der Waals surface area contributed by atoms with Crippen molar-refractivity contribution >= 4 is 27.3 Å². The second kappa shape index (κ2) is 5.64. The molecule has 1 aromatic rings. The number of nitrogens with one attached hydrogen (secondary N) is 1. The quantitative estimate of drug-likeness (QED) is 0.846. The molecule has 21 heavy (non-hydrogen) atoms. The molecule has 0 unspecified atom stereocenters. The van der Waals surface area contributed by atoms with Crippen molar-refractivity contribution in [1.82, 2.24) is 14.6 Å². The van der Waals surface area contributed by atoms with E-state index < -0.39 is 10.0 Å². The van der Waals surface area contributed by atoms with Crippen LogP contribution < -0.4 is 5.32 Å². The lowest BCUT2D eigenvalue weighted by Crippen LogP contribution is -2.47. The number of hydrogen-bond donors (Lipinski definition) is 1. The zero-order valence-corrected chi connectivity index (χ0v) is 13.2. The van der Waals surface area contributed by atoms with Gasteiger partial charge < -0.3 is 10.1 Å². The Morgan fingerprint density at radius 2 is 2.38 bits per heavy atom. The highest BCUT2D eigenvalue weighted by Crippen LogP contribution is 2.30. The van der Waals surface area contributed by atoms with Gasteiger partial charge in [0.25, 0.3) is 5.91 Å². The molecule has 3 rings (SSSR count). The van der Waals surface area contributed by atoms with E-state index in [4.69, 9.17) is 4.74 Å². The number of rotatable bonds is 3. The maximum atomic E-state index is 12.1. The molecule has 2 aliphatic heterocycles. The van der Waals surface area contributed by atoms with Gasteiger partial charge in [0.1, 0.15) is 5.69 Å². The Kier molecular flexibility index (Phi) is 4.00. The van der Waals surface area contributed by atoms with Gasteiger partial charge in [-0.1, -0.05) is 0 Å². The van der Waals surface area contributed by atoms with Gasteiger partial charge in [-0.2, -0.15) is 4.31 Å². The Bertz CT molecular complexity index is 616. The predicted molar refractivity (Wildman–Crippen MR) is 77.7 cm³/mol. The van der Waals surface area contributed by atoms with Crippen molar-refractivity contribution in [2.45, 2.75) is 31.0 Å². The standard InChI is InChI=1S/C12H17N3O4S2/c1-21(17,18)15-5-8(11-10(15)3-2-4-19-11)14-12(16)9-6-20-7-13-9/h6-8,10-11H,2-5H2,1H3,(H,14,16)/t8-,10-,11-/m1/s1. The van der Waals surface area contributed by atoms with Gasteiger partial charge in [-0.3, -0.25) is 4.79 Å². The van der Waals surface area contributed by atoms with E-state index in [-0.39, 0.29) is 30.6 Å². The summed E-state index contributed by atoms with van der Waals surface area (Å²) in [6.45, 7) is 0.853. The van der Waals surface area contributed by atoms with Gasteiger partial charge in [0.15, 0.2) is 0 Å². The number of nitrogens with zero attached hydrogens (tertiary/aromatic N) is 2. The van der Waals surface area contributed by atoms with E-state index in [1.165, 1.54) is 21.9 Å². The van der Waals surface area contributed by atoms with Crippen LogP contribution in [0.2, 0.25) is 0 Å². The number of carbonyl (C=O) groups is 1. The number of thiazole rings is 1. The lowest BCUT2D eigenvalue weighted by molar-refractivity contribution is -0.0103. The maximum Gasteiger partial charge on any atom is 0.271 e. The van der Waals surface area contributed by atoms with Crippen molar-refractivity contribution in [3.05, 3.63) is 16.6 Å². The molecule has 0 saturated carbocycles. The highest BCUT2D eigenvalue weighted by atomic mass is 32.2. The van der Waals surface area contributed by atoms with Crippen LogP contribution >= 0.6 is 11.3 Å². The first-order chi connectivity index (χ1) is 9.97. The molecule has 2 aliphatic rings. The summed E-state index contributed by atoms with van der Waals surface area (Å²) < 4.78 is 31.0. The fourth-order valence-corrected chi connectivity index (χ4v) is 4.67. The van der Waals surface area contributed by atoms with Crippen molar-refractivity contribution in [2.75, 3.05) is 19.4 Å². The normalized spacial score (nSPS) is 30.0. The summed E-state index contributed by atoms with van der Waals surface area (Å²) in [6.07, 6.45) is 2.51. The Labute approximate surface area is 127 Å². The molecule has 0 radical (unpaired) electrons. The summed E-state index contributed by atoms with van der Waals surface area (Å²) in [5, 5.41) is 4.52. The topological polar surface area (TPSA) is 88.6 Å². The zero-order chi connectivity index (χ0) is 15.0. The van der Waals surface area contributed by atoms with Crippen molar-refractivity contribution in [3.8, 4) is 0 Å². The Balaban J connectivity index is 1.77. The van der Waals surface area contributed by atoms with Crippen LogP contribution in [0.4, 0.5) is 0 Å². The minimum absolute atomic E-state index is 0.186. The molecule has 1 aromatic heterocycles. The van der Waals surface area contributed by atoms with Crippen LogP contribution in [0.1, 0.15) is 23.3 Å². The van der Waals surface area contributed by atoms with Gasteiger partial charge in [0, 0.05) is 18.5 Å². The monoisotopic (exact) mass is 331 g/mol. The molecule has 0 spiro atoms. The Morgan fingerprint density at radius 1 is 1.57 bits per heavy atom. The molecule has 0 aromatic carbocycles. The molecule has 9 heteroatoms. The van der Waals surface area contributed by atoms with Crippen molar-refractivity contribution in [1.29, 1.82) is 0 Å². The summed E-state index contributed by atoms with van der Waals surface area (Å²) in [7, 11) is -3.31. The molecule has 3 heterocycles. The molecule has 7 nitrogen and oxygen atoms in total. The minimum Gasteiger partial charge on any atom is -0.374 e. The number of carbonyl (C=O) groups excluding carboxylic acids is 1. The lowest BCUT2D eigenvalue weighted by Gasteiger charge is -2.31. The van der Waals surface area contributed by atoms with Gasteiger partial charge in [0.05, 0.1) is 30.0 Å². The smallest absolute Gasteiger partial charge is 0.271 e. The number of amides is 1. The van der Waals surface area contributed by atoms with Crippen molar-refractivity contribution < 1.29 is 17.9 Å². The average molecular weight is 331 g/mol. The van der Waals surface area contributed by atoms with E-state index in [0.717, 1.165) is 12.8 Å². The maximum absolute atomic E-state index is 12.1. The molecule has 2 saturated heterocycles. The van der Waals surface area contributed by atoms with E-state index in [1.807, 2.05) is 0 Å². The van der Waals surface area contributed by atoms with Crippen LogP contribution in [0.15, 0.2) is 10.9 Å². The predicted octanol–water partition coefficient (Wildman–Crippen LogP) is 0.0643. The first-order valence-electron chi connectivity index (χ1n) is 6.74. The molecule has 0 aliphatic carbocycles. The summed E-state index contributed by atoms with van der Waals surface area (Å²) >= 11 is 1.34. The molecule has 2 fully saturated rings. The van der Waals surface area contributed by atoms with Crippen molar-refractivity contribution in [3.63, 3.8) is 0 Å². The van der Waals surface area contributed by atoms with Crippen LogP contribution in [-0.4, -0.2) is 61.2 Å². The third-order valence-corrected chi connectivity index (χ3v) is 5.74. The first-order valence-corrected chi connectivity index (χ1v) is 9.53. The summed E-state index contributed by atoms with van der Waals surface area (Å²) in [5.74, 6) is -0.287. The van der Waals surface area contributed by atoms with E-state index in [2.05, 4.69) is 10.3 Å². The van der Waals surface area contributed by atoms with E-state index in [9.17, 15) is 13.2 Å². The summed E-state index contributed by atoms with van der Waals surface area (Å²) in [5.41, 5.74) is 1.94. The number of sulfonamides is 1. The molecule has 3 atom stereocenters. The molecule has 116 valence electrons. The second-order valence-corrected chi connectivity index (χ2v) is 7.99. The number of aromatic nitrogens is 1. The highest BCUT2D eigenvalue weighted by molar-refractivity contribution is 7.88. The summed E-state index contributed by atoms with van der Waals surface area (Å²) in [6, 6.07) is -0.520. The molecule has 0 bridgehead atoms. The van der Waals surface area contributed by atoms with Gasteiger partial charge in [-0.15, -0.1) is 11.3 Å². The Hall–Kier alpha value is -1.03. The van der Waals surface area contributed by atoms with E-state index in [1.54, 1.807) is 10.9 Å². The van der Waals surface area contributed by atoms with Crippen LogP contribution in [-0.2, 0) is 14.8 Å². The third kappa shape index (κ3) is 2.96. The van der Waals surface area contributed by atoms with Crippen LogP contribution in [0.3, 0.4) is 0 Å². The first kappa shape index (κ1) is 14.9. The lowest BCUT2D eigenvalue weighted by atomic mass is 10.0. The summed E-state index contributed by atoms with van der Waals surface area (Å²) in [4.78, 5) is 16.1. The van der Waals surface area contributed by atoms with E-state index in [0.29, 0.717) is 12.3 Å². The highest BCUT2D eigenvalue weighted by Gasteiger charge is 2.48. The number of fused-ring (bicyclic) bond motifs is 1. The molecule has 1 amide bonds. The van der Waals surface area contributed by atoms with Gasteiger partial charge in [-0.25, -0.2) is 13.4 Å².